The molecule has 5 heterocycles. The van der Waals surface area contributed by atoms with Crippen LogP contribution in [-0.4, -0.2) is 37.2 Å². The highest BCUT2D eigenvalue weighted by atomic mass is 32.1. The van der Waals surface area contributed by atoms with Gasteiger partial charge < -0.3 is 10.6 Å². The van der Waals surface area contributed by atoms with Crippen LogP contribution in [0.3, 0.4) is 0 Å². The van der Waals surface area contributed by atoms with Crippen molar-refractivity contribution >= 4 is 27.8 Å². The summed E-state index contributed by atoms with van der Waals surface area (Å²) in [5, 5.41) is 14.5. The number of hydrogen-bond acceptors (Lipinski definition) is 6. The van der Waals surface area contributed by atoms with Crippen LogP contribution in [0.4, 0.5) is 10.8 Å². The topological polar surface area (TPSA) is 72.1 Å². The lowest BCUT2D eigenvalue weighted by Crippen LogP contribution is -2.27. The molecule has 144 valence electrons. The molecular formula is C20H23N7S. The van der Waals surface area contributed by atoms with Gasteiger partial charge in [0.2, 0.25) is 0 Å². The van der Waals surface area contributed by atoms with Gasteiger partial charge in [0, 0.05) is 30.9 Å². The lowest BCUT2D eigenvalue weighted by molar-refractivity contribution is 0.452. The third-order valence-electron chi connectivity index (χ3n) is 5.24. The molecule has 5 rings (SSSR count). The summed E-state index contributed by atoms with van der Waals surface area (Å²) in [7, 11) is 1.93. The van der Waals surface area contributed by atoms with Crippen molar-refractivity contribution in [2.45, 2.75) is 25.7 Å². The predicted molar refractivity (Wildman–Crippen MR) is 112 cm³/mol. The number of aryl methyl sites for hydroxylation is 2. The van der Waals surface area contributed by atoms with Gasteiger partial charge in [-0.05, 0) is 49.9 Å². The van der Waals surface area contributed by atoms with E-state index in [1.165, 1.54) is 5.56 Å². The van der Waals surface area contributed by atoms with E-state index in [0.717, 1.165) is 59.3 Å². The average Bonchev–Trinajstić information content (AvgIpc) is 3.42. The van der Waals surface area contributed by atoms with Gasteiger partial charge in [-0.25, -0.2) is 9.97 Å². The van der Waals surface area contributed by atoms with Crippen LogP contribution < -0.4 is 10.6 Å². The SMILES string of the molecule is Cc1csc(Nc2nc(C3CCNCC3)cn3c(-c4cnn(C)c4)cnc23)c1. The van der Waals surface area contributed by atoms with E-state index in [1.54, 1.807) is 11.3 Å². The number of thiophene rings is 1. The first-order valence-corrected chi connectivity index (χ1v) is 10.5. The Morgan fingerprint density at radius 3 is 2.79 bits per heavy atom. The van der Waals surface area contributed by atoms with Crippen LogP contribution in [0.5, 0.6) is 0 Å². The number of aromatic nitrogens is 5. The van der Waals surface area contributed by atoms with Gasteiger partial charge in [0.1, 0.15) is 0 Å². The summed E-state index contributed by atoms with van der Waals surface area (Å²) in [6.07, 6.45) is 10.2. The predicted octanol–water partition coefficient (Wildman–Crippen LogP) is 3.71. The molecule has 8 heteroatoms. The molecule has 0 saturated carbocycles. The van der Waals surface area contributed by atoms with Gasteiger partial charge in [-0.1, -0.05) is 0 Å². The highest BCUT2D eigenvalue weighted by Gasteiger charge is 2.21. The Morgan fingerprint density at radius 2 is 2.07 bits per heavy atom. The van der Waals surface area contributed by atoms with Crippen molar-refractivity contribution in [1.82, 2.24) is 29.5 Å². The summed E-state index contributed by atoms with van der Waals surface area (Å²) in [5.74, 6) is 1.27. The monoisotopic (exact) mass is 393 g/mol. The standard InChI is InChI=1S/C20H23N7S/c1-13-7-18(28-12-13)25-19-20-22-9-17(15-8-23-26(2)10-15)27(20)11-16(24-19)14-3-5-21-6-4-14/h7-12,14,21H,3-6H2,1-2H3,(H,24,25). The van der Waals surface area contributed by atoms with Gasteiger partial charge in [-0.3, -0.25) is 9.08 Å². The molecule has 4 aromatic rings. The maximum absolute atomic E-state index is 5.00. The minimum atomic E-state index is 0.459. The number of nitrogens with zero attached hydrogens (tertiary/aromatic N) is 5. The molecule has 1 aliphatic rings. The van der Waals surface area contributed by atoms with Gasteiger partial charge in [0.25, 0.3) is 0 Å². The molecule has 1 fully saturated rings. The molecule has 0 amide bonds. The second kappa shape index (κ2) is 7.03. The summed E-state index contributed by atoms with van der Waals surface area (Å²) >= 11 is 1.69. The second-order valence-corrected chi connectivity index (χ2v) is 8.30. The summed E-state index contributed by atoms with van der Waals surface area (Å²) in [6, 6.07) is 2.14. The van der Waals surface area contributed by atoms with Crippen LogP contribution in [0.1, 0.15) is 30.0 Å². The molecule has 0 atom stereocenters. The van der Waals surface area contributed by atoms with E-state index in [1.807, 2.05) is 30.3 Å². The quantitative estimate of drug-likeness (QED) is 0.553. The molecule has 0 unspecified atom stereocenters. The molecule has 0 aliphatic carbocycles. The summed E-state index contributed by atoms with van der Waals surface area (Å²) in [6.45, 7) is 4.18. The molecule has 0 bridgehead atoms. The normalized spacial score (nSPS) is 15.4. The van der Waals surface area contributed by atoms with Crippen LogP contribution in [0.15, 0.2) is 36.2 Å². The summed E-state index contributed by atoms with van der Waals surface area (Å²) in [4.78, 5) is 9.69. The molecule has 0 radical (unpaired) electrons. The summed E-state index contributed by atoms with van der Waals surface area (Å²) < 4.78 is 3.97. The Kier molecular flexibility index (Phi) is 4.37. The fourth-order valence-corrected chi connectivity index (χ4v) is 4.58. The highest BCUT2D eigenvalue weighted by molar-refractivity contribution is 7.14. The number of fused-ring (bicyclic) bond motifs is 1. The number of hydrogen-bond donors (Lipinski definition) is 2. The molecule has 1 aliphatic heterocycles. The van der Waals surface area contributed by atoms with E-state index in [4.69, 9.17) is 4.98 Å². The number of rotatable bonds is 4. The third-order valence-corrected chi connectivity index (χ3v) is 6.20. The molecule has 4 aromatic heterocycles. The van der Waals surface area contributed by atoms with Crippen molar-refractivity contribution in [2.24, 2.45) is 7.05 Å². The minimum absolute atomic E-state index is 0.459. The third kappa shape index (κ3) is 3.18. The van der Waals surface area contributed by atoms with Crippen molar-refractivity contribution in [3.8, 4) is 11.3 Å². The van der Waals surface area contributed by atoms with Crippen molar-refractivity contribution < 1.29 is 0 Å². The smallest absolute Gasteiger partial charge is 0.180 e. The Labute approximate surface area is 167 Å². The van der Waals surface area contributed by atoms with Crippen LogP contribution in [-0.2, 0) is 7.05 Å². The Hall–Kier alpha value is -2.71. The van der Waals surface area contributed by atoms with E-state index in [9.17, 15) is 0 Å². The van der Waals surface area contributed by atoms with Crippen molar-refractivity contribution in [2.75, 3.05) is 18.4 Å². The van der Waals surface area contributed by atoms with Gasteiger partial charge >= 0.3 is 0 Å². The molecular weight excluding hydrogens is 370 g/mol. The maximum Gasteiger partial charge on any atom is 0.180 e. The first kappa shape index (κ1) is 17.4. The van der Waals surface area contributed by atoms with Crippen LogP contribution in [0.2, 0.25) is 0 Å². The zero-order chi connectivity index (χ0) is 19.1. The van der Waals surface area contributed by atoms with Crippen LogP contribution in [0.25, 0.3) is 16.9 Å². The van der Waals surface area contributed by atoms with Crippen molar-refractivity contribution in [3.05, 3.63) is 47.5 Å². The van der Waals surface area contributed by atoms with E-state index in [-0.39, 0.29) is 0 Å². The fraction of sp³-hybridized carbons (Fsp3) is 0.350. The number of nitrogens with one attached hydrogen (secondary N) is 2. The fourth-order valence-electron chi connectivity index (χ4n) is 3.79. The first-order valence-electron chi connectivity index (χ1n) is 9.57. The lowest BCUT2D eigenvalue weighted by atomic mass is 9.95. The zero-order valence-corrected chi connectivity index (χ0v) is 16.8. The Bertz CT molecular complexity index is 1120. The molecule has 1 saturated heterocycles. The minimum Gasteiger partial charge on any atom is -0.329 e. The Morgan fingerprint density at radius 1 is 1.21 bits per heavy atom. The molecule has 0 spiro atoms. The van der Waals surface area contributed by atoms with E-state index >= 15 is 0 Å². The molecule has 28 heavy (non-hydrogen) atoms. The van der Waals surface area contributed by atoms with E-state index in [0.29, 0.717) is 5.92 Å². The largest absolute Gasteiger partial charge is 0.329 e. The lowest BCUT2D eigenvalue weighted by Gasteiger charge is -2.23. The molecule has 0 aromatic carbocycles. The molecule has 7 nitrogen and oxygen atoms in total. The number of imidazole rings is 1. The number of piperidine rings is 1. The van der Waals surface area contributed by atoms with E-state index < -0.39 is 0 Å². The molecule has 2 N–H and O–H groups in total. The van der Waals surface area contributed by atoms with Crippen LogP contribution in [0, 0.1) is 6.92 Å². The van der Waals surface area contributed by atoms with Crippen LogP contribution >= 0.6 is 11.3 Å². The average molecular weight is 394 g/mol. The second-order valence-electron chi connectivity index (χ2n) is 7.39. The van der Waals surface area contributed by atoms with Gasteiger partial charge in [-0.2, -0.15) is 5.10 Å². The highest BCUT2D eigenvalue weighted by Crippen LogP contribution is 2.32. The van der Waals surface area contributed by atoms with Crippen molar-refractivity contribution in [1.29, 1.82) is 0 Å². The maximum atomic E-state index is 5.00. The van der Waals surface area contributed by atoms with Gasteiger partial charge in [-0.15, -0.1) is 11.3 Å². The first-order chi connectivity index (χ1) is 13.7. The summed E-state index contributed by atoms with van der Waals surface area (Å²) in [5.41, 5.74) is 5.29. The van der Waals surface area contributed by atoms with Crippen molar-refractivity contribution in [3.63, 3.8) is 0 Å². The van der Waals surface area contributed by atoms with E-state index in [2.05, 4.69) is 49.7 Å². The zero-order valence-electron chi connectivity index (χ0n) is 16.0. The number of anilines is 2. The van der Waals surface area contributed by atoms with Gasteiger partial charge in [0.05, 0.1) is 28.8 Å². The Balaban J connectivity index is 1.64. The van der Waals surface area contributed by atoms with Gasteiger partial charge in [0.15, 0.2) is 11.5 Å².